The third-order valence-electron chi connectivity index (χ3n) is 2.91. The molecule has 1 aromatic rings. The lowest BCUT2D eigenvalue weighted by atomic mass is 9.90. The first-order chi connectivity index (χ1) is 7.06. The second-order valence-electron chi connectivity index (χ2n) is 5.53. The first-order valence-corrected chi connectivity index (χ1v) is 5.95. The molecule has 1 heteroatoms. The van der Waals surface area contributed by atoms with Gasteiger partial charge in [-0.2, -0.15) is 0 Å². The molecule has 0 spiro atoms. The standard InChI is InChI=1S/C14H21N/c1-14(2,3)15-13-10-6-8-11-7-4-5-9-12(11)13/h6,8,10,15H,4-5,7,9H2,1-3H3. The van der Waals surface area contributed by atoms with E-state index in [9.17, 15) is 0 Å². The molecule has 0 aromatic heterocycles. The Labute approximate surface area is 92.9 Å². The Kier molecular flexibility index (Phi) is 2.72. The third-order valence-corrected chi connectivity index (χ3v) is 2.91. The van der Waals surface area contributed by atoms with E-state index in [4.69, 9.17) is 0 Å². The van der Waals surface area contributed by atoms with Crippen LogP contribution in [-0.2, 0) is 12.8 Å². The largest absolute Gasteiger partial charge is 0.380 e. The number of hydrogen-bond acceptors (Lipinski definition) is 1. The smallest absolute Gasteiger partial charge is 0.0379 e. The third kappa shape index (κ3) is 2.53. The molecule has 82 valence electrons. The summed E-state index contributed by atoms with van der Waals surface area (Å²) in [5, 5.41) is 3.61. The molecule has 0 saturated carbocycles. The zero-order valence-corrected chi connectivity index (χ0v) is 10.1. The van der Waals surface area contributed by atoms with Gasteiger partial charge in [0.05, 0.1) is 0 Å². The van der Waals surface area contributed by atoms with Crippen molar-refractivity contribution in [3.63, 3.8) is 0 Å². The molecule has 1 aliphatic carbocycles. The van der Waals surface area contributed by atoms with E-state index in [1.807, 2.05) is 0 Å². The maximum absolute atomic E-state index is 3.61. The van der Waals surface area contributed by atoms with Crippen LogP contribution in [0.2, 0.25) is 0 Å². The molecule has 1 aromatic carbocycles. The zero-order chi connectivity index (χ0) is 10.9. The van der Waals surface area contributed by atoms with Crippen LogP contribution in [0, 0.1) is 0 Å². The maximum Gasteiger partial charge on any atom is 0.0379 e. The van der Waals surface area contributed by atoms with Gasteiger partial charge in [0.1, 0.15) is 0 Å². The second kappa shape index (κ2) is 3.88. The van der Waals surface area contributed by atoms with E-state index in [0.29, 0.717) is 0 Å². The first-order valence-electron chi connectivity index (χ1n) is 5.95. The van der Waals surface area contributed by atoms with Gasteiger partial charge in [-0.3, -0.25) is 0 Å². The van der Waals surface area contributed by atoms with E-state index in [2.05, 4.69) is 44.3 Å². The first kappa shape index (κ1) is 10.5. The van der Waals surface area contributed by atoms with Crippen molar-refractivity contribution in [3.8, 4) is 0 Å². The van der Waals surface area contributed by atoms with Crippen molar-refractivity contribution in [2.75, 3.05) is 5.32 Å². The predicted molar refractivity (Wildman–Crippen MR) is 66.5 cm³/mol. The number of fused-ring (bicyclic) bond motifs is 1. The van der Waals surface area contributed by atoms with Gasteiger partial charge in [0.15, 0.2) is 0 Å². The minimum atomic E-state index is 0.159. The van der Waals surface area contributed by atoms with E-state index in [1.165, 1.54) is 31.4 Å². The average Bonchev–Trinajstić information content (AvgIpc) is 2.16. The van der Waals surface area contributed by atoms with E-state index >= 15 is 0 Å². The lowest BCUT2D eigenvalue weighted by molar-refractivity contribution is 0.627. The molecule has 0 bridgehead atoms. The molecule has 2 rings (SSSR count). The minimum absolute atomic E-state index is 0.159. The summed E-state index contributed by atoms with van der Waals surface area (Å²) >= 11 is 0. The van der Waals surface area contributed by atoms with Crippen LogP contribution in [-0.4, -0.2) is 5.54 Å². The summed E-state index contributed by atoms with van der Waals surface area (Å²) < 4.78 is 0. The second-order valence-corrected chi connectivity index (χ2v) is 5.53. The van der Waals surface area contributed by atoms with Crippen molar-refractivity contribution in [2.24, 2.45) is 0 Å². The number of benzene rings is 1. The van der Waals surface area contributed by atoms with Crippen LogP contribution in [0.3, 0.4) is 0 Å². The van der Waals surface area contributed by atoms with Crippen LogP contribution in [0.5, 0.6) is 0 Å². The molecule has 0 aliphatic heterocycles. The van der Waals surface area contributed by atoms with Gasteiger partial charge in [-0.15, -0.1) is 0 Å². The topological polar surface area (TPSA) is 12.0 Å². The van der Waals surface area contributed by atoms with Gasteiger partial charge in [0, 0.05) is 11.2 Å². The Bertz CT molecular complexity index is 347. The molecule has 0 atom stereocenters. The highest BCUT2D eigenvalue weighted by atomic mass is 15.0. The predicted octanol–water partition coefficient (Wildman–Crippen LogP) is 3.78. The van der Waals surface area contributed by atoms with Crippen molar-refractivity contribution in [3.05, 3.63) is 29.3 Å². The molecule has 0 fully saturated rings. The van der Waals surface area contributed by atoms with Gasteiger partial charge in [0.2, 0.25) is 0 Å². The quantitative estimate of drug-likeness (QED) is 0.732. The zero-order valence-electron chi connectivity index (χ0n) is 10.1. The lowest BCUT2D eigenvalue weighted by Crippen LogP contribution is -2.27. The van der Waals surface area contributed by atoms with Crippen molar-refractivity contribution in [1.29, 1.82) is 0 Å². The van der Waals surface area contributed by atoms with Gasteiger partial charge in [-0.1, -0.05) is 12.1 Å². The highest BCUT2D eigenvalue weighted by Crippen LogP contribution is 2.29. The molecule has 0 amide bonds. The molecule has 1 N–H and O–H groups in total. The summed E-state index contributed by atoms with van der Waals surface area (Å²) in [7, 11) is 0. The minimum Gasteiger partial charge on any atom is -0.380 e. The number of anilines is 1. The van der Waals surface area contributed by atoms with Gasteiger partial charge < -0.3 is 5.32 Å². The molecule has 1 nitrogen and oxygen atoms in total. The van der Waals surface area contributed by atoms with Crippen molar-refractivity contribution in [1.82, 2.24) is 0 Å². The van der Waals surface area contributed by atoms with E-state index in [1.54, 1.807) is 11.1 Å². The fourth-order valence-corrected chi connectivity index (χ4v) is 2.30. The normalized spacial score (nSPS) is 15.9. The molecular formula is C14H21N. The maximum atomic E-state index is 3.61. The van der Waals surface area contributed by atoms with Crippen LogP contribution >= 0.6 is 0 Å². The number of hydrogen-bond donors (Lipinski definition) is 1. The molecule has 0 radical (unpaired) electrons. The summed E-state index contributed by atoms with van der Waals surface area (Å²) in [6.07, 6.45) is 5.20. The van der Waals surface area contributed by atoms with Crippen LogP contribution in [0.1, 0.15) is 44.7 Å². The van der Waals surface area contributed by atoms with Gasteiger partial charge in [-0.25, -0.2) is 0 Å². The molecule has 0 saturated heterocycles. The number of nitrogens with one attached hydrogen (secondary N) is 1. The number of rotatable bonds is 1. The van der Waals surface area contributed by atoms with E-state index in [-0.39, 0.29) is 5.54 Å². The van der Waals surface area contributed by atoms with Gasteiger partial charge in [0.25, 0.3) is 0 Å². The van der Waals surface area contributed by atoms with Crippen LogP contribution in [0.4, 0.5) is 5.69 Å². The Morgan fingerprint density at radius 2 is 1.80 bits per heavy atom. The Morgan fingerprint density at radius 1 is 1.07 bits per heavy atom. The molecule has 0 heterocycles. The monoisotopic (exact) mass is 203 g/mol. The molecule has 1 aliphatic rings. The number of aryl methyl sites for hydroxylation is 1. The van der Waals surface area contributed by atoms with Gasteiger partial charge >= 0.3 is 0 Å². The molecular weight excluding hydrogens is 182 g/mol. The van der Waals surface area contributed by atoms with Crippen LogP contribution in [0.25, 0.3) is 0 Å². The summed E-state index contributed by atoms with van der Waals surface area (Å²) in [6.45, 7) is 6.65. The highest BCUT2D eigenvalue weighted by molar-refractivity contribution is 5.56. The highest BCUT2D eigenvalue weighted by Gasteiger charge is 2.16. The SMILES string of the molecule is CC(C)(C)Nc1cccc2c1CCCC2. The fourth-order valence-electron chi connectivity index (χ4n) is 2.30. The van der Waals surface area contributed by atoms with Crippen molar-refractivity contribution in [2.45, 2.75) is 52.0 Å². The Balaban J connectivity index is 2.31. The van der Waals surface area contributed by atoms with E-state index < -0.39 is 0 Å². The van der Waals surface area contributed by atoms with Gasteiger partial charge in [-0.05, 0) is 63.6 Å². The summed E-state index contributed by atoms with van der Waals surface area (Å²) in [5.41, 5.74) is 4.61. The van der Waals surface area contributed by atoms with Crippen molar-refractivity contribution < 1.29 is 0 Å². The van der Waals surface area contributed by atoms with E-state index in [0.717, 1.165) is 0 Å². The molecule has 0 unspecified atom stereocenters. The Hall–Kier alpha value is -0.980. The Morgan fingerprint density at radius 3 is 2.53 bits per heavy atom. The molecule has 15 heavy (non-hydrogen) atoms. The summed E-state index contributed by atoms with van der Waals surface area (Å²) in [4.78, 5) is 0. The summed E-state index contributed by atoms with van der Waals surface area (Å²) in [6, 6.07) is 6.68. The lowest BCUT2D eigenvalue weighted by Gasteiger charge is -2.27. The van der Waals surface area contributed by atoms with Crippen LogP contribution in [0.15, 0.2) is 18.2 Å². The summed E-state index contributed by atoms with van der Waals surface area (Å²) in [5.74, 6) is 0. The average molecular weight is 203 g/mol. The fraction of sp³-hybridized carbons (Fsp3) is 0.571. The van der Waals surface area contributed by atoms with Crippen LogP contribution < -0.4 is 5.32 Å². The van der Waals surface area contributed by atoms with Crippen molar-refractivity contribution >= 4 is 5.69 Å².